The number of aryl methyl sites for hydroxylation is 1. The molecule has 0 aliphatic carbocycles. The van der Waals surface area contributed by atoms with Gasteiger partial charge in [-0.3, -0.25) is 9.52 Å². The summed E-state index contributed by atoms with van der Waals surface area (Å²) in [5.41, 5.74) is 1.73. The molecular formula is C22H21FN2O4S. The van der Waals surface area contributed by atoms with Gasteiger partial charge in [-0.05, 0) is 60.5 Å². The Kier molecular flexibility index (Phi) is 6.37. The number of hydrogen-bond donors (Lipinski definition) is 2. The van der Waals surface area contributed by atoms with Crippen LogP contribution in [0.5, 0.6) is 5.75 Å². The molecule has 3 rings (SSSR count). The molecule has 1 amide bonds. The number of hydrogen-bond acceptors (Lipinski definition) is 4. The number of sulfonamides is 1. The van der Waals surface area contributed by atoms with Crippen molar-refractivity contribution >= 4 is 21.6 Å². The van der Waals surface area contributed by atoms with E-state index < -0.39 is 15.8 Å². The summed E-state index contributed by atoms with van der Waals surface area (Å²) in [6.07, 6.45) is 0. The highest BCUT2D eigenvalue weighted by Crippen LogP contribution is 2.19. The van der Waals surface area contributed by atoms with Crippen LogP contribution < -0.4 is 14.8 Å². The first-order valence-electron chi connectivity index (χ1n) is 9.08. The predicted molar refractivity (Wildman–Crippen MR) is 113 cm³/mol. The molecule has 0 unspecified atom stereocenters. The number of rotatable bonds is 7. The number of carbonyl (C=O) groups is 1. The van der Waals surface area contributed by atoms with Crippen LogP contribution in [0.3, 0.4) is 0 Å². The number of benzene rings is 3. The Morgan fingerprint density at radius 1 is 1.03 bits per heavy atom. The maximum absolute atomic E-state index is 13.7. The van der Waals surface area contributed by atoms with Crippen molar-refractivity contribution in [1.82, 2.24) is 5.32 Å². The highest BCUT2D eigenvalue weighted by atomic mass is 32.2. The molecule has 0 bridgehead atoms. The minimum Gasteiger partial charge on any atom is -0.497 e. The zero-order valence-electron chi connectivity index (χ0n) is 16.5. The van der Waals surface area contributed by atoms with E-state index in [2.05, 4.69) is 10.0 Å². The van der Waals surface area contributed by atoms with E-state index in [1.54, 1.807) is 38.3 Å². The summed E-state index contributed by atoms with van der Waals surface area (Å²) in [6.45, 7) is 1.86. The summed E-state index contributed by atoms with van der Waals surface area (Å²) in [6, 6.07) is 17.0. The summed E-state index contributed by atoms with van der Waals surface area (Å²) in [5, 5.41) is 2.78. The minimum absolute atomic E-state index is 0.194. The topological polar surface area (TPSA) is 84.5 Å². The molecule has 30 heavy (non-hydrogen) atoms. The lowest BCUT2D eigenvalue weighted by atomic mass is 10.1. The van der Waals surface area contributed by atoms with Crippen molar-refractivity contribution in [3.63, 3.8) is 0 Å². The molecule has 0 aliphatic rings. The van der Waals surface area contributed by atoms with Crippen LogP contribution in [0.1, 0.15) is 21.5 Å². The molecule has 3 aromatic rings. The van der Waals surface area contributed by atoms with Gasteiger partial charge in [-0.25, -0.2) is 12.8 Å². The molecular weight excluding hydrogens is 407 g/mol. The van der Waals surface area contributed by atoms with Gasteiger partial charge in [-0.2, -0.15) is 0 Å². The zero-order chi connectivity index (χ0) is 21.7. The molecule has 0 atom stereocenters. The average Bonchev–Trinajstić information content (AvgIpc) is 2.74. The molecule has 156 valence electrons. The Labute approximate surface area is 174 Å². The lowest BCUT2D eigenvalue weighted by molar-refractivity contribution is 0.0951. The molecule has 0 spiro atoms. The third-order valence-corrected chi connectivity index (χ3v) is 5.82. The van der Waals surface area contributed by atoms with Crippen LogP contribution in [0.2, 0.25) is 0 Å². The maximum atomic E-state index is 13.7. The van der Waals surface area contributed by atoms with Gasteiger partial charge in [-0.1, -0.05) is 24.3 Å². The van der Waals surface area contributed by atoms with Crippen molar-refractivity contribution in [3.05, 3.63) is 89.2 Å². The number of methoxy groups -OCH3 is 1. The van der Waals surface area contributed by atoms with Crippen molar-refractivity contribution < 1.29 is 22.3 Å². The fourth-order valence-corrected chi connectivity index (χ4v) is 3.77. The van der Waals surface area contributed by atoms with Gasteiger partial charge in [0.1, 0.15) is 11.6 Å². The summed E-state index contributed by atoms with van der Waals surface area (Å²) in [7, 11) is -2.41. The van der Waals surface area contributed by atoms with Gasteiger partial charge in [-0.15, -0.1) is 0 Å². The van der Waals surface area contributed by atoms with E-state index in [0.717, 1.165) is 17.4 Å². The van der Waals surface area contributed by atoms with Crippen LogP contribution >= 0.6 is 0 Å². The van der Waals surface area contributed by atoms with Gasteiger partial charge in [0.2, 0.25) is 0 Å². The maximum Gasteiger partial charge on any atom is 0.261 e. The molecule has 6 nitrogen and oxygen atoms in total. The summed E-state index contributed by atoms with van der Waals surface area (Å²) >= 11 is 0. The summed E-state index contributed by atoms with van der Waals surface area (Å²) in [5.74, 6) is -0.240. The Bertz CT molecular complexity index is 1160. The fourth-order valence-electron chi connectivity index (χ4n) is 2.71. The summed E-state index contributed by atoms with van der Waals surface area (Å²) in [4.78, 5) is 12.3. The molecule has 0 radical (unpaired) electrons. The molecule has 0 heterocycles. The second-order valence-electron chi connectivity index (χ2n) is 6.63. The SMILES string of the molecule is COc1ccc(CNC(=O)c2cccc(NS(=O)(=O)c3ccc(C)c(F)c3)c2)cc1. The lowest BCUT2D eigenvalue weighted by Gasteiger charge is -2.11. The third-order valence-electron chi connectivity index (χ3n) is 4.44. The van der Waals surface area contributed by atoms with E-state index in [0.29, 0.717) is 17.7 Å². The Hall–Kier alpha value is -3.39. The molecule has 2 N–H and O–H groups in total. The molecule has 3 aromatic carbocycles. The molecule has 8 heteroatoms. The van der Waals surface area contributed by atoms with Gasteiger partial charge in [0.25, 0.3) is 15.9 Å². The molecule has 0 aromatic heterocycles. The smallest absolute Gasteiger partial charge is 0.261 e. The van der Waals surface area contributed by atoms with Gasteiger partial charge in [0.05, 0.1) is 12.0 Å². The van der Waals surface area contributed by atoms with Crippen LogP contribution in [0.4, 0.5) is 10.1 Å². The van der Waals surface area contributed by atoms with E-state index in [1.165, 1.54) is 24.3 Å². The van der Waals surface area contributed by atoms with Gasteiger partial charge in [0, 0.05) is 17.8 Å². The van der Waals surface area contributed by atoms with E-state index in [-0.39, 0.29) is 16.5 Å². The number of ether oxygens (including phenoxy) is 1. The number of carbonyl (C=O) groups excluding carboxylic acids is 1. The number of nitrogens with one attached hydrogen (secondary N) is 2. The first-order valence-corrected chi connectivity index (χ1v) is 10.6. The van der Waals surface area contributed by atoms with Gasteiger partial charge < -0.3 is 10.1 Å². The third kappa shape index (κ3) is 5.15. The van der Waals surface area contributed by atoms with Crippen LogP contribution in [0, 0.1) is 12.7 Å². The molecule has 0 saturated heterocycles. The van der Waals surface area contributed by atoms with Crippen LogP contribution in [-0.2, 0) is 16.6 Å². The second kappa shape index (κ2) is 8.96. The second-order valence-corrected chi connectivity index (χ2v) is 8.31. The van der Waals surface area contributed by atoms with Gasteiger partial charge >= 0.3 is 0 Å². The first-order chi connectivity index (χ1) is 14.3. The van der Waals surface area contributed by atoms with Crippen molar-refractivity contribution in [1.29, 1.82) is 0 Å². The summed E-state index contributed by atoms with van der Waals surface area (Å²) < 4.78 is 46.2. The van der Waals surface area contributed by atoms with Crippen LogP contribution in [0.25, 0.3) is 0 Å². The normalized spacial score (nSPS) is 11.0. The Morgan fingerprint density at radius 2 is 1.77 bits per heavy atom. The van der Waals surface area contributed by atoms with E-state index >= 15 is 0 Å². The van der Waals surface area contributed by atoms with E-state index in [4.69, 9.17) is 4.74 Å². The van der Waals surface area contributed by atoms with Gasteiger partial charge in [0.15, 0.2) is 0 Å². The number of amides is 1. The van der Waals surface area contributed by atoms with Crippen LogP contribution in [-0.4, -0.2) is 21.4 Å². The predicted octanol–water partition coefficient (Wildman–Crippen LogP) is 3.87. The van der Waals surface area contributed by atoms with Crippen LogP contribution in [0.15, 0.2) is 71.6 Å². The Morgan fingerprint density at radius 3 is 2.43 bits per heavy atom. The van der Waals surface area contributed by atoms with Crippen molar-refractivity contribution in [2.75, 3.05) is 11.8 Å². The fraction of sp³-hybridized carbons (Fsp3) is 0.136. The highest BCUT2D eigenvalue weighted by Gasteiger charge is 2.16. The Balaban J connectivity index is 1.70. The zero-order valence-corrected chi connectivity index (χ0v) is 17.3. The molecule has 0 fully saturated rings. The monoisotopic (exact) mass is 428 g/mol. The average molecular weight is 428 g/mol. The number of halogens is 1. The molecule has 0 aliphatic heterocycles. The number of anilines is 1. The molecule has 0 saturated carbocycles. The van der Waals surface area contributed by atoms with Crippen molar-refractivity contribution in [3.8, 4) is 5.75 Å². The standard InChI is InChI=1S/C22H21FN2O4S/c1-15-6-11-20(13-21(15)23)30(27,28)25-18-5-3-4-17(12-18)22(26)24-14-16-7-9-19(29-2)10-8-16/h3-13,25H,14H2,1-2H3,(H,24,26). The lowest BCUT2D eigenvalue weighted by Crippen LogP contribution is -2.23. The quantitative estimate of drug-likeness (QED) is 0.598. The first kappa shape index (κ1) is 21.3. The largest absolute Gasteiger partial charge is 0.497 e. The minimum atomic E-state index is -3.99. The van der Waals surface area contributed by atoms with Crippen molar-refractivity contribution in [2.24, 2.45) is 0 Å². The van der Waals surface area contributed by atoms with E-state index in [9.17, 15) is 17.6 Å². The van der Waals surface area contributed by atoms with Crippen molar-refractivity contribution in [2.45, 2.75) is 18.4 Å². The van der Waals surface area contributed by atoms with E-state index in [1.807, 2.05) is 12.1 Å². The highest BCUT2D eigenvalue weighted by molar-refractivity contribution is 7.92.